The van der Waals surface area contributed by atoms with Crippen molar-refractivity contribution in [2.45, 2.75) is 25.3 Å². The number of benzene rings is 1. The van der Waals surface area contributed by atoms with E-state index in [0.29, 0.717) is 23.2 Å². The van der Waals surface area contributed by atoms with Crippen molar-refractivity contribution in [3.63, 3.8) is 0 Å². The zero-order chi connectivity index (χ0) is 14.8. The Morgan fingerprint density at radius 1 is 1.26 bits per heavy atom. The molecule has 1 aromatic carbocycles. The predicted molar refractivity (Wildman–Crippen MR) is 98.9 cm³/mol. The largest absolute Gasteiger partial charge is 0.348 e. The Morgan fingerprint density at radius 3 is 2.74 bits per heavy atom. The van der Waals surface area contributed by atoms with Crippen molar-refractivity contribution in [2.75, 3.05) is 6.54 Å². The highest BCUT2D eigenvalue weighted by atomic mass is 35.5. The fourth-order valence-electron chi connectivity index (χ4n) is 2.97. The summed E-state index contributed by atoms with van der Waals surface area (Å²) < 4.78 is 0. The molecule has 2 unspecified atom stereocenters. The number of carbonyl (C=O) groups excluding carboxylic acids is 1. The van der Waals surface area contributed by atoms with Gasteiger partial charge in [0.1, 0.15) is 5.69 Å². The maximum Gasteiger partial charge on any atom is 0.270 e. The maximum atomic E-state index is 12.3. The Kier molecular flexibility index (Phi) is 7.55. The molecule has 7 heteroatoms. The van der Waals surface area contributed by atoms with Gasteiger partial charge in [-0.05, 0) is 43.5 Å². The number of nitrogens with one attached hydrogen (secondary N) is 1. The number of nitrogens with two attached hydrogens (primary N) is 1. The van der Waals surface area contributed by atoms with Crippen LogP contribution in [-0.2, 0) is 0 Å². The molecule has 4 nitrogen and oxygen atoms in total. The van der Waals surface area contributed by atoms with Gasteiger partial charge in [0.05, 0.1) is 5.52 Å². The van der Waals surface area contributed by atoms with E-state index in [-0.39, 0.29) is 36.8 Å². The van der Waals surface area contributed by atoms with E-state index in [2.05, 4.69) is 10.3 Å². The molecule has 3 N–H and O–H groups in total. The molecule has 0 bridgehead atoms. The van der Waals surface area contributed by atoms with Gasteiger partial charge in [-0.3, -0.25) is 4.79 Å². The first-order valence-corrected chi connectivity index (χ1v) is 7.62. The molecule has 23 heavy (non-hydrogen) atoms. The van der Waals surface area contributed by atoms with E-state index in [4.69, 9.17) is 17.3 Å². The molecule has 0 saturated heterocycles. The Labute approximate surface area is 153 Å². The molecular formula is C16H20Cl3N3O. The topological polar surface area (TPSA) is 68.0 Å². The number of halogens is 3. The summed E-state index contributed by atoms with van der Waals surface area (Å²) in [7, 11) is 0. The van der Waals surface area contributed by atoms with Gasteiger partial charge in [0.2, 0.25) is 0 Å². The third-order valence-corrected chi connectivity index (χ3v) is 4.40. The van der Waals surface area contributed by atoms with E-state index >= 15 is 0 Å². The van der Waals surface area contributed by atoms with Gasteiger partial charge >= 0.3 is 0 Å². The fourth-order valence-corrected chi connectivity index (χ4v) is 3.13. The first-order chi connectivity index (χ1) is 10.2. The number of rotatable bonds is 3. The lowest BCUT2D eigenvalue weighted by Crippen LogP contribution is -2.40. The number of amides is 1. The quantitative estimate of drug-likeness (QED) is 0.860. The summed E-state index contributed by atoms with van der Waals surface area (Å²) in [5.74, 6) is 0.242. The zero-order valence-electron chi connectivity index (χ0n) is 12.5. The Hall–Kier alpha value is -1.07. The van der Waals surface area contributed by atoms with Gasteiger partial charge in [-0.2, -0.15) is 0 Å². The van der Waals surface area contributed by atoms with Crippen molar-refractivity contribution >= 4 is 53.2 Å². The number of nitrogens with zero attached hydrogens (tertiary/aromatic N) is 1. The van der Waals surface area contributed by atoms with Crippen LogP contribution in [0.1, 0.15) is 29.8 Å². The first-order valence-electron chi connectivity index (χ1n) is 7.24. The molecule has 0 radical (unpaired) electrons. The molecule has 3 rings (SSSR count). The van der Waals surface area contributed by atoms with Crippen LogP contribution in [0, 0.1) is 5.92 Å². The highest BCUT2D eigenvalue weighted by molar-refractivity contribution is 6.31. The third-order valence-electron chi connectivity index (χ3n) is 4.17. The normalized spacial score (nSPS) is 19.7. The number of fused-ring (bicyclic) bond motifs is 1. The van der Waals surface area contributed by atoms with Crippen LogP contribution in [0.4, 0.5) is 0 Å². The average Bonchev–Trinajstić information content (AvgIpc) is 2.93. The summed E-state index contributed by atoms with van der Waals surface area (Å²) in [6.45, 7) is 0.617. The summed E-state index contributed by atoms with van der Waals surface area (Å²) in [5, 5.41) is 4.65. The van der Waals surface area contributed by atoms with Crippen LogP contribution in [0.3, 0.4) is 0 Å². The van der Waals surface area contributed by atoms with E-state index in [0.717, 1.165) is 30.2 Å². The third kappa shape index (κ3) is 4.48. The van der Waals surface area contributed by atoms with Gasteiger partial charge in [0, 0.05) is 16.5 Å². The second kappa shape index (κ2) is 8.69. The van der Waals surface area contributed by atoms with Gasteiger partial charge in [-0.15, -0.1) is 24.8 Å². The molecule has 126 valence electrons. The van der Waals surface area contributed by atoms with E-state index in [1.165, 1.54) is 0 Å². The Morgan fingerprint density at radius 2 is 2.00 bits per heavy atom. The van der Waals surface area contributed by atoms with Gasteiger partial charge in [-0.25, -0.2) is 4.98 Å². The molecule has 1 heterocycles. The minimum absolute atomic E-state index is 0. The van der Waals surface area contributed by atoms with Gasteiger partial charge in [0.25, 0.3) is 5.91 Å². The van der Waals surface area contributed by atoms with Crippen molar-refractivity contribution in [1.82, 2.24) is 10.3 Å². The van der Waals surface area contributed by atoms with Crippen molar-refractivity contribution in [2.24, 2.45) is 11.7 Å². The summed E-state index contributed by atoms with van der Waals surface area (Å²) in [4.78, 5) is 16.7. The molecule has 1 aliphatic rings. The van der Waals surface area contributed by atoms with Crippen LogP contribution in [0.25, 0.3) is 10.9 Å². The van der Waals surface area contributed by atoms with E-state index in [1.807, 2.05) is 18.2 Å². The van der Waals surface area contributed by atoms with Crippen LogP contribution >= 0.6 is 36.4 Å². The number of hydrogen-bond donors (Lipinski definition) is 2. The highest BCUT2D eigenvalue weighted by Gasteiger charge is 2.27. The first kappa shape index (κ1) is 20.0. The standard InChI is InChI=1S/C16H18ClN3O.2ClH/c17-12-6-4-10-5-7-14(19-15(10)8-12)16(21)20-13-3-1-2-11(13)9-18;;/h4-8,11,13H,1-3,9,18H2,(H,20,21);2*1H. The van der Waals surface area contributed by atoms with Crippen molar-refractivity contribution in [1.29, 1.82) is 0 Å². The molecule has 1 aliphatic carbocycles. The SMILES string of the molecule is Cl.Cl.NCC1CCCC1NC(=O)c1ccc2ccc(Cl)cc2n1. The van der Waals surface area contributed by atoms with Crippen molar-refractivity contribution in [3.8, 4) is 0 Å². The summed E-state index contributed by atoms with van der Waals surface area (Å²) >= 11 is 5.97. The molecule has 1 aromatic heterocycles. The lowest BCUT2D eigenvalue weighted by Gasteiger charge is -2.19. The number of aromatic nitrogens is 1. The number of hydrogen-bond acceptors (Lipinski definition) is 3. The lowest BCUT2D eigenvalue weighted by atomic mass is 10.0. The molecule has 2 atom stereocenters. The summed E-state index contributed by atoms with van der Waals surface area (Å²) in [6.07, 6.45) is 3.20. The summed E-state index contributed by atoms with van der Waals surface area (Å²) in [5.41, 5.74) is 6.90. The number of carbonyl (C=O) groups is 1. The molecule has 2 aromatic rings. The molecule has 1 saturated carbocycles. The molecular weight excluding hydrogens is 357 g/mol. The van der Waals surface area contributed by atoms with E-state index in [9.17, 15) is 4.79 Å². The molecule has 1 fully saturated rings. The minimum Gasteiger partial charge on any atom is -0.348 e. The molecule has 0 spiro atoms. The predicted octanol–water partition coefficient (Wildman–Crippen LogP) is 3.59. The second-order valence-electron chi connectivity index (χ2n) is 5.54. The smallest absolute Gasteiger partial charge is 0.270 e. The molecule has 0 aliphatic heterocycles. The van der Waals surface area contributed by atoms with E-state index in [1.54, 1.807) is 12.1 Å². The minimum atomic E-state index is -0.137. The van der Waals surface area contributed by atoms with E-state index < -0.39 is 0 Å². The average molecular weight is 377 g/mol. The molecule has 1 amide bonds. The number of pyridine rings is 1. The fraction of sp³-hybridized carbons (Fsp3) is 0.375. The van der Waals surface area contributed by atoms with Crippen LogP contribution in [-0.4, -0.2) is 23.5 Å². The van der Waals surface area contributed by atoms with Crippen LogP contribution in [0.2, 0.25) is 5.02 Å². The lowest BCUT2D eigenvalue weighted by molar-refractivity contribution is 0.0924. The summed E-state index contributed by atoms with van der Waals surface area (Å²) in [6, 6.07) is 9.29. The zero-order valence-corrected chi connectivity index (χ0v) is 14.9. The monoisotopic (exact) mass is 375 g/mol. The second-order valence-corrected chi connectivity index (χ2v) is 5.98. The Balaban J connectivity index is 0.00000132. The van der Waals surface area contributed by atoms with Gasteiger partial charge < -0.3 is 11.1 Å². The highest BCUT2D eigenvalue weighted by Crippen LogP contribution is 2.25. The maximum absolute atomic E-state index is 12.3. The van der Waals surface area contributed by atoms with Crippen LogP contribution in [0.5, 0.6) is 0 Å². The van der Waals surface area contributed by atoms with Crippen molar-refractivity contribution in [3.05, 3.63) is 41.0 Å². The van der Waals surface area contributed by atoms with Crippen LogP contribution in [0.15, 0.2) is 30.3 Å². The van der Waals surface area contributed by atoms with Crippen molar-refractivity contribution < 1.29 is 4.79 Å². The van der Waals surface area contributed by atoms with Gasteiger partial charge in [-0.1, -0.05) is 30.2 Å². The van der Waals surface area contributed by atoms with Crippen LogP contribution < -0.4 is 11.1 Å². The Bertz CT molecular complexity index is 681. The van der Waals surface area contributed by atoms with Gasteiger partial charge in [0.15, 0.2) is 0 Å².